The first-order chi connectivity index (χ1) is 17.2. The number of hydrogen-bond donors (Lipinski definition) is 2. The first-order valence-electron chi connectivity index (χ1n) is 11.5. The van der Waals surface area contributed by atoms with Gasteiger partial charge in [0.2, 0.25) is 17.8 Å². The number of nitrogens with one attached hydrogen (secondary N) is 2. The molecule has 1 aliphatic heterocycles. The number of rotatable bonds is 7. The minimum absolute atomic E-state index is 0.0646. The Balaban J connectivity index is 1.64. The van der Waals surface area contributed by atoms with Crippen molar-refractivity contribution in [3.63, 3.8) is 0 Å². The van der Waals surface area contributed by atoms with Crippen molar-refractivity contribution in [1.29, 1.82) is 0 Å². The molecule has 1 saturated heterocycles. The average Bonchev–Trinajstić information content (AvgIpc) is 3.26. The number of fused-ring (bicyclic) bond motifs is 1. The quantitative estimate of drug-likeness (QED) is 0.439. The van der Waals surface area contributed by atoms with Gasteiger partial charge >= 0.3 is 0 Å². The van der Waals surface area contributed by atoms with Crippen molar-refractivity contribution in [3.8, 4) is 16.9 Å². The molecule has 2 atom stereocenters. The van der Waals surface area contributed by atoms with Gasteiger partial charge in [-0.25, -0.2) is 9.97 Å². The molecule has 2 amide bonds. The lowest BCUT2D eigenvalue weighted by Crippen LogP contribution is -2.45. The molecule has 2 aromatic carbocycles. The highest BCUT2D eigenvalue weighted by atomic mass is 35.5. The van der Waals surface area contributed by atoms with E-state index in [-0.39, 0.29) is 23.9 Å². The van der Waals surface area contributed by atoms with Gasteiger partial charge in [0.05, 0.1) is 34.8 Å². The summed E-state index contributed by atoms with van der Waals surface area (Å²) in [4.78, 5) is 34.6. The highest BCUT2D eigenvalue weighted by Gasteiger charge is 2.35. The third-order valence-corrected chi connectivity index (χ3v) is 7.11. The topological polar surface area (TPSA) is 96.5 Å². The molecule has 0 aliphatic carbocycles. The van der Waals surface area contributed by atoms with Gasteiger partial charge in [-0.3, -0.25) is 9.59 Å². The summed E-state index contributed by atoms with van der Waals surface area (Å²) in [6.45, 7) is 7.84. The molecule has 0 saturated carbocycles. The third kappa shape index (κ3) is 5.10. The summed E-state index contributed by atoms with van der Waals surface area (Å²) in [6.07, 6.45) is 3.66. The van der Waals surface area contributed by atoms with Gasteiger partial charge in [0.15, 0.2) is 0 Å². The van der Waals surface area contributed by atoms with E-state index in [0.29, 0.717) is 40.4 Å². The van der Waals surface area contributed by atoms with Crippen LogP contribution >= 0.6 is 23.2 Å². The number of likely N-dealkylation sites (tertiary alicyclic amines) is 1. The molecule has 1 fully saturated rings. The van der Waals surface area contributed by atoms with Crippen LogP contribution in [0.1, 0.15) is 19.4 Å². The molecule has 188 valence electrons. The van der Waals surface area contributed by atoms with Crippen molar-refractivity contribution >= 4 is 51.9 Å². The number of ether oxygens (including phenoxy) is 1. The maximum Gasteiger partial charge on any atom is 0.243 e. The summed E-state index contributed by atoms with van der Waals surface area (Å²) in [5, 5.41) is 7.98. The molecule has 10 heteroatoms. The van der Waals surface area contributed by atoms with Crippen LogP contribution in [0.15, 0.2) is 43.1 Å². The Morgan fingerprint density at radius 2 is 1.97 bits per heavy atom. The molecule has 2 heterocycles. The summed E-state index contributed by atoms with van der Waals surface area (Å²) in [6, 6.07) is 7.03. The van der Waals surface area contributed by atoms with Crippen LogP contribution in [-0.2, 0) is 16.0 Å². The molecular weight excluding hydrogens is 501 g/mol. The van der Waals surface area contributed by atoms with Gasteiger partial charge in [0.1, 0.15) is 5.75 Å². The van der Waals surface area contributed by atoms with Crippen molar-refractivity contribution in [2.75, 3.05) is 25.5 Å². The molecule has 0 bridgehead atoms. The lowest BCUT2D eigenvalue weighted by atomic mass is 9.99. The van der Waals surface area contributed by atoms with Gasteiger partial charge in [0, 0.05) is 37.2 Å². The zero-order chi connectivity index (χ0) is 26.0. The number of hydrogen-bond acceptors (Lipinski definition) is 6. The molecule has 1 aliphatic rings. The number of benzene rings is 2. The number of nitrogens with zero attached hydrogens (tertiary/aromatic N) is 3. The third-order valence-electron chi connectivity index (χ3n) is 6.30. The first-order valence-corrected chi connectivity index (χ1v) is 12.3. The second-order valence-corrected chi connectivity index (χ2v) is 9.31. The van der Waals surface area contributed by atoms with E-state index in [2.05, 4.69) is 27.2 Å². The number of anilines is 1. The van der Waals surface area contributed by atoms with Crippen LogP contribution in [0.4, 0.5) is 5.95 Å². The molecule has 0 radical (unpaired) electrons. The van der Waals surface area contributed by atoms with Gasteiger partial charge < -0.3 is 20.3 Å². The highest BCUT2D eigenvalue weighted by Crippen LogP contribution is 2.43. The lowest BCUT2D eigenvalue weighted by Gasteiger charge is -2.20. The number of amides is 2. The fourth-order valence-corrected chi connectivity index (χ4v) is 5.12. The second-order valence-electron chi connectivity index (χ2n) is 8.56. The Labute approximate surface area is 219 Å². The largest absolute Gasteiger partial charge is 0.495 e. The number of halogens is 2. The first kappa shape index (κ1) is 25.7. The van der Waals surface area contributed by atoms with Crippen molar-refractivity contribution in [3.05, 3.63) is 58.7 Å². The maximum absolute atomic E-state index is 11.9. The second kappa shape index (κ2) is 10.7. The maximum atomic E-state index is 11.9. The SMILES string of the molecule is C=CC(=O)N[C@H]1CN(C(C)=O)C[C@H]1Nc1ncc2cc(-c3c(Cl)c(CC)cc(OC)c3Cl)ccc2n1. The normalized spacial score (nSPS) is 17.2. The number of aryl methyl sites for hydroxylation is 1. The Morgan fingerprint density at radius 1 is 1.22 bits per heavy atom. The van der Waals surface area contributed by atoms with Gasteiger partial charge in [-0.2, -0.15) is 0 Å². The van der Waals surface area contributed by atoms with E-state index in [0.717, 1.165) is 28.5 Å². The lowest BCUT2D eigenvalue weighted by molar-refractivity contribution is -0.128. The Kier molecular flexibility index (Phi) is 7.66. The predicted molar refractivity (Wildman–Crippen MR) is 143 cm³/mol. The number of carbonyl (C=O) groups excluding carboxylic acids is 2. The van der Waals surface area contributed by atoms with E-state index in [4.69, 9.17) is 27.9 Å². The van der Waals surface area contributed by atoms with Crippen molar-refractivity contribution in [2.45, 2.75) is 32.4 Å². The van der Waals surface area contributed by atoms with Crippen LogP contribution in [0.5, 0.6) is 5.75 Å². The molecule has 36 heavy (non-hydrogen) atoms. The minimum Gasteiger partial charge on any atom is -0.495 e. The van der Waals surface area contributed by atoms with Gasteiger partial charge in [-0.15, -0.1) is 0 Å². The van der Waals surface area contributed by atoms with E-state index in [1.165, 1.54) is 13.0 Å². The zero-order valence-electron chi connectivity index (χ0n) is 20.3. The number of aromatic nitrogens is 2. The van der Waals surface area contributed by atoms with Crippen LogP contribution in [0, 0.1) is 0 Å². The standard InChI is InChI=1S/C26H27Cl2N5O3/c1-5-15-10-21(36-4)25(28)23(24(15)27)16-7-8-18-17(9-16)11-29-26(31-18)32-20-13-33(14(3)34)12-19(20)30-22(35)6-2/h6-11,19-20H,2,5,12-13H2,1,3-4H3,(H,30,35)(H,29,31,32)/t19-,20+/m0/s1. The molecule has 4 rings (SSSR count). The van der Waals surface area contributed by atoms with E-state index in [1.807, 2.05) is 31.2 Å². The molecule has 1 aromatic heterocycles. The van der Waals surface area contributed by atoms with Gasteiger partial charge in [-0.1, -0.05) is 42.8 Å². The van der Waals surface area contributed by atoms with Gasteiger partial charge in [-0.05, 0) is 41.8 Å². The van der Waals surface area contributed by atoms with Crippen molar-refractivity contribution in [2.24, 2.45) is 0 Å². The molecule has 8 nitrogen and oxygen atoms in total. The Morgan fingerprint density at radius 3 is 2.64 bits per heavy atom. The van der Waals surface area contributed by atoms with Crippen LogP contribution in [0.3, 0.4) is 0 Å². The zero-order valence-corrected chi connectivity index (χ0v) is 21.8. The molecule has 0 spiro atoms. The fraction of sp³-hybridized carbons (Fsp3) is 0.308. The summed E-state index contributed by atoms with van der Waals surface area (Å²) >= 11 is 13.3. The van der Waals surface area contributed by atoms with E-state index in [9.17, 15) is 9.59 Å². The molecule has 0 unspecified atom stereocenters. The van der Waals surface area contributed by atoms with E-state index < -0.39 is 0 Å². The summed E-state index contributed by atoms with van der Waals surface area (Å²) in [5.74, 6) is 0.600. The summed E-state index contributed by atoms with van der Waals surface area (Å²) in [7, 11) is 1.58. The number of methoxy groups -OCH3 is 1. The molecule has 2 N–H and O–H groups in total. The fourth-order valence-electron chi connectivity index (χ4n) is 4.34. The van der Waals surface area contributed by atoms with Crippen molar-refractivity contribution < 1.29 is 14.3 Å². The Bertz CT molecular complexity index is 1320. The predicted octanol–water partition coefficient (Wildman–Crippen LogP) is 4.49. The molecular formula is C26H27Cl2N5O3. The van der Waals surface area contributed by atoms with Crippen LogP contribution in [0.2, 0.25) is 10.0 Å². The van der Waals surface area contributed by atoms with Crippen LogP contribution in [-0.4, -0.2) is 59.0 Å². The minimum atomic E-state index is -0.301. The number of carbonyl (C=O) groups is 2. The highest BCUT2D eigenvalue weighted by molar-refractivity contribution is 6.40. The average molecular weight is 528 g/mol. The van der Waals surface area contributed by atoms with Crippen molar-refractivity contribution in [1.82, 2.24) is 20.2 Å². The summed E-state index contributed by atoms with van der Waals surface area (Å²) in [5.41, 5.74) is 3.19. The molecule has 3 aromatic rings. The smallest absolute Gasteiger partial charge is 0.243 e. The van der Waals surface area contributed by atoms with Crippen LogP contribution in [0.25, 0.3) is 22.0 Å². The van der Waals surface area contributed by atoms with E-state index >= 15 is 0 Å². The summed E-state index contributed by atoms with van der Waals surface area (Å²) < 4.78 is 5.45. The Hall–Kier alpha value is -3.36. The van der Waals surface area contributed by atoms with Crippen LogP contribution < -0.4 is 15.4 Å². The monoisotopic (exact) mass is 527 g/mol. The van der Waals surface area contributed by atoms with E-state index in [1.54, 1.807) is 18.2 Å². The van der Waals surface area contributed by atoms with Gasteiger partial charge in [0.25, 0.3) is 0 Å².